The van der Waals surface area contributed by atoms with Crippen LogP contribution in [-0.4, -0.2) is 4.92 Å². The van der Waals surface area contributed by atoms with Crippen LogP contribution in [0.5, 0.6) is 5.75 Å². The van der Waals surface area contributed by atoms with Gasteiger partial charge in [0, 0.05) is 16.7 Å². The van der Waals surface area contributed by atoms with Crippen LogP contribution in [0.3, 0.4) is 0 Å². The highest BCUT2D eigenvalue weighted by Crippen LogP contribution is 2.29. The molecule has 21 heavy (non-hydrogen) atoms. The number of hydrogen-bond acceptors (Lipinski definition) is 4. The maximum atomic E-state index is 13.1. The molecule has 2 rings (SSSR count). The third-order valence-corrected chi connectivity index (χ3v) is 3.04. The first-order valence-electron chi connectivity index (χ1n) is 5.76. The van der Waals surface area contributed by atoms with Crippen molar-refractivity contribution in [3.8, 4) is 11.8 Å². The summed E-state index contributed by atoms with van der Waals surface area (Å²) in [6, 6.07) is 9.42. The van der Waals surface area contributed by atoms with Crippen LogP contribution in [0.4, 0.5) is 10.1 Å². The maximum Gasteiger partial charge on any atom is 0.312 e. The molecule has 0 radical (unpaired) electrons. The van der Waals surface area contributed by atoms with Gasteiger partial charge >= 0.3 is 5.69 Å². The van der Waals surface area contributed by atoms with Crippen LogP contribution in [-0.2, 0) is 6.61 Å². The van der Waals surface area contributed by atoms with Gasteiger partial charge in [-0.05, 0) is 30.3 Å². The summed E-state index contributed by atoms with van der Waals surface area (Å²) < 4.78 is 18.4. The standard InChI is InChI=1S/C14H8ClFN2O3/c15-12-3-2-11(16)6-10(12)8-21-14-4-1-9(7-17)5-13(14)18(19)20/h1-6H,8H2. The Bertz CT molecular complexity index is 743. The highest BCUT2D eigenvalue weighted by Gasteiger charge is 2.16. The molecule has 0 aliphatic carbocycles. The van der Waals surface area contributed by atoms with Gasteiger partial charge in [-0.25, -0.2) is 4.39 Å². The minimum atomic E-state index is -0.649. The van der Waals surface area contributed by atoms with Gasteiger partial charge < -0.3 is 4.74 Å². The van der Waals surface area contributed by atoms with Crippen molar-refractivity contribution >= 4 is 17.3 Å². The Morgan fingerprint density at radius 2 is 2.10 bits per heavy atom. The van der Waals surface area contributed by atoms with Crippen molar-refractivity contribution in [3.63, 3.8) is 0 Å². The lowest BCUT2D eigenvalue weighted by atomic mass is 10.2. The summed E-state index contributed by atoms with van der Waals surface area (Å²) in [5.41, 5.74) is 0.190. The summed E-state index contributed by atoms with van der Waals surface area (Å²) in [5, 5.41) is 20.0. The van der Waals surface area contributed by atoms with E-state index in [9.17, 15) is 14.5 Å². The number of hydrogen-bond donors (Lipinski definition) is 0. The largest absolute Gasteiger partial charge is 0.482 e. The number of nitriles is 1. The second-order valence-electron chi connectivity index (χ2n) is 4.08. The zero-order valence-corrected chi connectivity index (χ0v) is 11.3. The maximum absolute atomic E-state index is 13.1. The average Bonchev–Trinajstić information content (AvgIpc) is 2.48. The van der Waals surface area contributed by atoms with E-state index in [1.165, 1.54) is 30.3 Å². The van der Waals surface area contributed by atoms with Gasteiger partial charge in [0.2, 0.25) is 0 Å². The van der Waals surface area contributed by atoms with Crippen LogP contribution in [0.2, 0.25) is 5.02 Å². The van der Waals surface area contributed by atoms with Crippen LogP contribution in [0, 0.1) is 27.3 Å². The number of nitro groups is 1. The fourth-order valence-electron chi connectivity index (χ4n) is 1.66. The van der Waals surface area contributed by atoms with Crippen molar-refractivity contribution in [2.45, 2.75) is 6.61 Å². The van der Waals surface area contributed by atoms with Gasteiger partial charge in [0.25, 0.3) is 0 Å². The molecule has 0 atom stereocenters. The van der Waals surface area contributed by atoms with Crippen LogP contribution in [0.1, 0.15) is 11.1 Å². The minimum absolute atomic E-state index is 0.0145. The van der Waals surface area contributed by atoms with Crippen molar-refractivity contribution in [3.05, 3.63) is 68.5 Å². The molecule has 7 heteroatoms. The second kappa shape index (κ2) is 6.20. The van der Waals surface area contributed by atoms with E-state index < -0.39 is 10.7 Å². The van der Waals surface area contributed by atoms with Crippen molar-refractivity contribution in [1.82, 2.24) is 0 Å². The smallest absolute Gasteiger partial charge is 0.312 e. The molecule has 0 fully saturated rings. The van der Waals surface area contributed by atoms with E-state index in [2.05, 4.69) is 0 Å². The molecule has 0 aliphatic rings. The van der Waals surface area contributed by atoms with E-state index in [0.29, 0.717) is 10.6 Å². The molecule has 0 aromatic heterocycles. The number of nitro benzene ring substituents is 1. The van der Waals surface area contributed by atoms with Gasteiger partial charge in [0.15, 0.2) is 5.75 Å². The molecule has 0 amide bonds. The molecule has 0 aliphatic heterocycles. The van der Waals surface area contributed by atoms with Crippen LogP contribution < -0.4 is 4.74 Å². The number of rotatable bonds is 4. The van der Waals surface area contributed by atoms with Crippen LogP contribution in [0.15, 0.2) is 36.4 Å². The first-order valence-corrected chi connectivity index (χ1v) is 6.14. The molecule has 0 spiro atoms. The number of nitrogens with zero attached hydrogens (tertiary/aromatic N) is 2. The van der Waals surface area contributed by atoms with Crippen molar-refractivity contribution in [2.75, 3.05) is 0 Å². The number of halogens is 2. The Kier molecular flexibility index (Phi) is 4.36. The lowest BCUT2D eigenvalue weighted by molar-refractivity contribution is -0.386. The molecule has 106 valence electrons. The van der Waals surface area contributed by atoms with Gasteiger partial charge in [0.1, 0.15) is 12.4 Å². The SMILES string of the molecule is N#Cc1ccc(OCc2cc(F)ccc2Cl)c([N+](=O)[O-])c1. The third kappa shape index (κ3) is 3.46. The summed E-state index contributed by atoms with van der Waals surface area (Å²) in [5.74, 6) is -0.494. The molecule has 0 bridgehead atoms. The molecule has 0 saturated heterocycles. The lowest BCUT2D eigenvalue weighted by Gasteiger charge is -2.08. The first-order chi connectivity index (χ1) is 10.0. The summed E-state index contributed by atoms with van der Waals surface area (Å²) >= 11 is 5.89. The Morgan fingerprint density at radius 1 is 1.33 bits per heavy atom. The van der Waals surface area contributed by atoms with Crippen molar-refractivity contribution in [1.29, 1.82) is 5.26 Å². The van der Waals surface area contributed by atoms with E-state index >= 15 is 0 Å². The van der Waals surface area contributed by atoms with Crippen molar-refractivity contribution < 1.29 is 14.1 Å². The first kappa shape index (κ1) is 14.8. The molecule has 0 N–H and O–H groups in total. The van der Waals surface area contributed by atoms with E-state index in [0.717, 1.165) is 6.07 Å². The molecule has 5 nitrogen and oxygen atoms in total. The number of benzene rings is 2. The van der Waals surface area contributed by atoms with E-state index in [1.807, 2.05) is 6.07 Å². The molecule has 2 aromatic rings. The summed E-state index contributed by atoms with van der Waals surface area (Å²) in [6.07, 6.45) is 0. The van der Waals surface area contributed by atoms with E-state index in [-0.39, 0.29) is 23.6 Å². The van der Waals surface area contributed by atoms with E-state index in [4.69, 9.17) is 21.6 Å². The Labute approximate surface area is 124 Å². The molecular formula is C14H8ClFN2O3. The zero-order chi connectivity index (χ0) is 15.4. The van der Waals surface area contributed by atoms with Gasteiger partial charge in [-0.1, -0.05) is 11.6 Å². The molecule has 0 heterocycles. The van der Waals surface area contributed by atoms with Crippen LogP contribution in [0.25, 0.3) is 0 Å². The fraction of sp³-hybridized carbons (Fsp3) is 0.0714. The van der Waals surface area contributed by atoms with Crippen molar-refractivity contribution in [2.24, 2.45) is 0 Å². The van der Waals surface area contributed by atoms with Crippen LogP contribution >= 0.6 is 11.6 Å². The summed E-state index contributed by atoms with van der Waals surface area (Å²) in [4.78, 5) is 10.3. The zero-order valence-electron chi connectivity index (χ0n) is 10.5. The topological polar surface area (TPSA) is 76.2 Å². The highest BCUT2D eigenvalue weighted by molar-refractivity contribution is 6.31. The normalized spacial score (nSPS) is 9.95. The molecule has 0 saturated carbocycles. The molecular weight excluding hydrogens is 299 g/mol. The summed E-state index contributed by atoms with van der Waals surface area (Å²) in [7, 11) is 0. The Balaban J connectivity index is 2.26. The Hall–Kier alpha value is -2.65. The van der Waals surface area contributed by atoms with Gasteiger partial charge in [0.05, 0.1) is 16.6 Å². The number of ether oxygens (including phenoxy) is 1. The predicted octanol–water partition coefficient (Wildman–Crippen LogP) is 3.84. The minimum Gasteiger partial charge on any atom is -0.482 e. The molecule has 2 aromatic carbocycles. The monoisotopic (exact) mass is 306 g/mol. The summed E-state index contributed by atoms with van der Waals surface area (Å²) in [6.45, 7) is -0.122. The van der Waals surface area contributed by atoms with Gasteiger partial charge in [-0.15, -0.1) is 0 Å². The predicted molar refractivity (Wildman–Crippen MR) is 73.6 cm³/mol. The van der Waals surface area contributed by atoms with Gasteiger partial charge in [-0.2, -0.15) is 5.26 Å². The highest BCUT2D eigenvalue weighted by atomic mass is 35.5. The lowest BCUT2D eigenvalue weighted by Crippen LogP contribution is -2.00. The molecule has 0 unspecified atom stereocenters. The second-order valence-corrected chi connectivity index (χ2v) is 4.48. The quantitative estimate of drug-likeness (QED) is 0.635. The van der Waals surface area contributed by atoms with E-state index in [1.54, 1.807) is 0 Å². The fourth-order valence-corrected chi connectivity index (χ4v) is 1.83. The average molecular weight is 307 g/mol. The van der Waals surface area contributed by atoms with Gasteiger partial charge in [-0.3, -0.25) is 10.1 Å². The third-order valence-electron chi connectivity index (χ3n) is 2.68. The Morgan fingerprint density at radius 3 is 2.76 bits per heavy atom.